The summed E-state index contributed by atoms with van der Waals surface area (Å²) in [6.45, 7) is -0.0762. The second-order valence-electron chi connectivity index (χ2n) is 5.25. The van der Waals surface area contributed by atoms with E-state index >= 15 is 0 Å². The van der Waals surface area contributed by atoms with Crippen molar-refractivity contribution in [1.29, 1.82) is 0 Å². The van der Waals surface area contributed by atoms with Crippen LogP contribution in [0.3, 0.4) is 0 Å². The molecule has 0 aliphatic carbocycles. The van der Waals surface area contributed by atoms with Crippen LogP contribution in [-0.2, 0) is 15.6 Å². The molecule has 0 aromatic heterocycles. The van der Waals surface area contributed by atoms with Gasteiger partial charge in [-0.15, -0.1) is 0 Å². The Kier molecular flexibility index (Phi) is 5.86. The van der Waals surface area contributed by atoms with E-state index < -0.39 is 15.6 Å². The van der Waals surface area contributed by atoms with Crippen molar-refractivity contribution in [3.8, 4) is 0 Å². The Morgan fingerprint density at radius 3 is 2.22 bits per heavy atom. The molecule has 1 atom stereocenters. The molecule has 0 fully saturated rings. The van der Waals surface area contributed by atoms with E-state index in [0.29, 0.717) is 10.6 Å². The standard InChI is InChI=1S/C16H17BrClNO3S/c1-19(23(21,22)15-9-7-14(18)8-10-15)12-16(20,11-17)13-5-3-2-4-6-13/h2-10,20H,11-12H2,1H3. The third kappa shape index (κ3) is 4.14. The Balaban J connectivity index is 2.29. The lowest BCUT2D eigenvalue weighted by molar-refractivity contribution is 0.0478. The number of likely N-dealkylation sites (N-methyl/N-ethyl adjacent to an activating group) is 1. The van der Waals surface area contributed by atoms with Gasteiger partial charge in [0.2, 0.25) is 10.0 Å². The molecule has 0 spiro atoms. The predicted molar refractivity (Wildman–Crippen MR) is 95.4 cm³/mol. The van der Waals surface area contributed by atoms with E-state index in [1.165, 1.54) is 31.3 Å². The zero-order valence-electron chi connectivity index (χ0n) is 12.5. The number of hydrogen-bond acceptors (Lipinski definition) is 3. The number of nitrogens with zero attached hydrogens (tertiary/aromatic N) is 1. The summed E-state index contributed by atoms with van der Waals surface area (Å²) in [7, 11) is -2.27. The summed E-state index contributed by atoms with van der Waals surface area (Å²) in [5.74, 6) is 0. The van der Waals surface area contributed by atoms with Gasteiger partial charge in [-0.2, -0.15) is 4.31 Å². The van der Waals surface area contributed by atoms with Crippen LogP contribution in [0, 0.1) is 0 Å². The molecule has 23 heavy (non-hydrogen) atoms. The summed E-state index contributed by atoms with van der Waals surface area (Å²) in [6, 6.07) is 14.9. The molecule has 2 aromatic rings. The van der Waals surface area contributed by atoms with Crippen LogP contribution in [-0.4, -0.2) is 36.8 Å². The molecule has 0 bridgehead atoms. The lowest BCUT2D eigenvalue weighted by Gasteiger charge is -2.31. The van der Waals surface area contributed by atoms with Gasteiger partial charge in [0.25, 0.3) is 0 Å². The Morgan fingerprint density at radius 2 is 1.70 bits per heavy atom. The van der Waals surface area contributed by atoms with Gasteiger partial charge in [0.05, 0.1) is 4.90 Å². The van der Waals surface area contributed by atoms with Gasteiger partial charge in [-0.3, -0.25) is 0 Å². The molecule has 0 radical (unpaired) electrons. The SMILES string of the molecule is CN(CC(O)(CBr)c1ccccc1)S(=O)(=O)c1ccc(Cl)cc1. The van der Waals surface area contributed by atoms with Crippen molar-refractivity contribution >= 4 is 37.6 Å². The largest absolute Gasteiger partial charge is 0.383 e. The monoisotopic (exact) mass is 417 g/mol. The van der Waals surface area contributed by atoms with E-state index in [4.69, 9.17) is 11.6 Å². The smallest absolute Gasteiger partial charge is 0.242 e. The van der Waals surface area contributed by atoms with Crippen molar-refractivity contribution in [2.24, 2.45) is 0 Å². The minimum atomic E-state index is -3.71. The molecular weight excluding hydrogens is 402 g/mol. The van der Waals surface area contributed by atoms with Crippen molar-refractivity contribution in [3.05, 3.63) is 65.2 Å². The number of halogens is 2. The van der Waals surface area contributed by atoms with Crippen LogP contribution in [0.5, 0.6) is 0 Å². The van der Waals surface area contributed by atoms with Crippen LogP contribution in [0.2, 0.25) is 5.02 Å². The highest BCUT2D eigenvalue weighted by molar-refractivity contribution is 9.09. The lowest BCUT2D eigenvalue weighted by Crippen LogP contribution is -2.43. The fourth-order valence-corrected chi connectivity index (χ4v) is 4.05. The molecule has 0 heterocycles. The van der Waals surface area contributed by atoms with Crippen molar-refractivity contribution < 1.29 is 13.5 Å². The summed E-state index contributed by atoms with van der Waals surface area (Å²) in [5.41, 5.74) is -0.676. The predicted octanol–water partition coefficient (Wildman–Crippen LogP) is 3.24. The summed E-state index contributed by atoms with van der Waals surface area (Å²) in [4.78, 5) is 0.134. The zero-order chi connectivity index (χ0) is 17.1. The maximum atomic E-state index is 12.6. The Labute approximate surface area is 149 Å². The van der Waals surface area contributed by atoms with Gasteiger partial charge in [-0.05, 0) is 29.8 Å². The molecule has 0 saturated heterocycles. The van der Waals surface area contributed by atoms with Gasteiger partial charge in [-0.1, -0.05) is 57.9 Å². The number of rotatable bonds is 6. The fraction of sp³-hybridized carbons (Fsp3) is 0.250. The summed E-state index contributed by atoms with van der Waals surface area (Å²) in [6.07, 6.45) is 0. The molecular formula is C16H17BrClNO3S. The first-order chi connectivity index (χ1) is 10.8. The average molecular weight is 419 g/mol. The zero-order valence-corrected chi connectivity index (χ0v) is 15.6. The Bertz CT molecular complexity index is 753. The van der Waals surface area contributed by atoms with Crippen LogP contribution >= 0.6 is 27.5 Å². The van der Waals surface area contributed by atoms with Crippen molar-refractivity contribution in [1.82, 2.24) is 4.31 Å². The number of hydrogen-bond donors (Lipinski definition) is 1. The lowest BCUT2D eigenvalue weighted by atomic mass is 9.96. The van der Waals surface area contributed by atoms with Gasteiger partial charge in [0.1, 0.15) is 5.60 Å². The molecule has 2 rings (SSSR count). The highest BCUT2D eigenvalue weighted by Gasteiger charge is 2.34. The second kappa shape index (κ2) is 7.32. The Hall–Kier alpha value is -0.920. The minimum Gasteiger partial charge on any atom is -0.383 e. The van der Waals surface area contributed by atoms with Crippen molar-refractivity contribution in [3.63, 3.8) is 0 Å². The normalized spacial score (nSPS) is 14.7. The molecule has 0 aliphatic heterocycles. The van der Waals surface area contributed by atoms with Gasteiger partial charge < -0.3 is 5.11 Å². The highest BCUT2D eigenvalue weighted by Crippen LogP contribution is 2.27. The van der Waals surface area contributed by atoms with Gasteiger partial charge in [0, 0.05) is 23.9 Å². The molecule has 2 aromatic carbocycles. The van der Waals surface area contributed by atoms with Crippen molar-refractivity contribution in [2.45, 2.75) is 10.5 Å². The average Bonchev–Trinajstić information content (AvgIpc) is 2.56. The number of benzene rings is 2. The number of sulfonamides is 1. The molecule has 1 N–H and O–H groups in total. The van der Waals surface area contributed by atoms with E-state index in [1.54, 1.807) is 24.3 Å². The first-order valence-corrected chi connectivity index (χ1v) is 9.79. The number of aliphatic hydroxyl groups is 1. The maximum absolute atomic E-state index is 12.6. The summed E-state index contributed by atoms with van der Waals surface area (Å²) >= 11 is 9.08. The molecule has 0 amide bonds. The molecule has 4 nitrogen and oxygen atoms in total. The van der Waals surface area contributed by atoms with Gasteiger partial charge >= 0.3 is 0 Å². The third-order valence-electron chi connectivity index (χ3n) is 3.54. The highest BCUT2D eigenvalue weighted by atomic mass is 79.9. The molecule has 0 aliphatic rings. The van der Waals surface area contributed by atoms with E-state index in [-0.39, 0.29) is 16.8 Å². The Morgan fingerprint density at radius 1 is 1.13 bits per heavy atom. The molecule has 7 heteroatoms. The van der Waals surface area contributed by atoms with Crippen LogP contribution in [0.1, 0.15) is 5.56 Å². The van der Waals surface area contributed by atoms with Crippen LogP contribution < -0.4 is 0 Å². The maximum Gasteiger partial charge on any atom is 0.242 e. The quantitative estimate of drug-likeness (QED) is 0.733. The van der Waals surface area contributed by atoms with Crippen LogP contribution in [0.25, 0.3) is 0 Å². The fourth-order valence-electron chi connectivity index (χ4n) is 2.20. The summed E-state index contributed by atoms with van der Waals surface area (Å²) < 4.78 is 26.4. The van der Waals surface area contributed by atoms with E-state index in [1.807, 2.05) is 6.07 Å². The van der Waals surface area contributed by atoms with Crippen LogP contribution in [0.4, 0.5) is 0 Å². The first kappa shape index (κ1) is 18.4. The van der Waals surface area contributed by atoms with Gasteiger partial charge in [-0.25, -0.2) is 8.42 Å². The summed E-state index contributed by atoms with van der Waals surface area (Å²) in [5, 5.41) is 11.5. The second-order valence-corrected chi connectivity index (χ2v) is 8.29. The molecule has 1 unspecified atom stereocenters. The van der Waals surface area contributed by atoms with Crippen molar-refractivity contribution in [2.75, 3.05) is 18.9 Å². The van der Waals surface area contributed by atoms with E-state index in [2.05, 4.69) is 15.9 Å². The first-order valence-electron chi connectivity index (χ1n) is 6.85. The minimum absolute atomic E-state index is 0.0762. The van der Waals surface area contributed by atoms with Gasteiger partial charge in [0.15, 0.2) is 0 Å². The van der Waals surface area contributed by atoms with E-state index in [0.717, 1.165) is 4.31 Å². The molecule has 0 saturated carbocycles. The number of alkyl halides is 1. The van der Waals surface area contributed by atoms with E-state index in [9.17, 15) is 13.5 Å². The molecule has 124 valence electrons. The van der Waals surface area contributed by atoms with Crippen LogP contribution in [0.15, 0.2) is 59.5 Å². The topological polar surface area (TPSA) is 57.6 Å². The third-order valence-corrected chi connectivity index (χ3v) is 6.54.